The lowest BCUT2D eigenvalue weighted by Gasteiger charge is -2.06. The van der Waals surface area contributed by atoms with Crippen LogP contribution in [0.4, 0.5) is 0 Å². The fourth-order valence-corrected chi connectivity index (χ4v) is 3.04. The predicted molar refractivity (Wildman–Crippen MR) is 90.9 cm³/mol. The maximum atomic E-state index is 12.8. The number of aromatic nitrogens is 3. The van der Waals surface area contributed by atoms with Gasteiger partial charge in [-0.1, -0.05) is 11.2 Å². The van der Waals surface area contributed by atoms with Crippen LogP contribution in [0.15, 0.2) is 39.8 Å². The smallest absolute Gasteiger partial charge is 0.337 e. The van der Waals surface area contributed by atoms with Gasteiger partial charge in [0.2, 0.25) is 0 Å². The molecular formula is C18H17N3O5. The van der Waals surface area contributed by atoms with Gasteiger partial charge < -0.3 is 18.6 Å². The van der Waals surface area contributed by atoms with Gasteiger partial charge in [0.1, 0.15) is 6.10 Å². The molecule has 3 heterocycles. The summed E-state index contributed by atoms with van der Waals surface area (Å²) in [5.74, 6) is 0.362. The van der Waals surface area contributed by atoms with Crippen LogP contribution in [0.1, 0.15) is 41.0 Å². The van der Waals surface area contributed by atoms with Crippen molar-refractivity contribution in [2.75, 3.05) is 13.7 Å². The fourth-order valence-electron chi connectivity index (χ4n) is 3.04. The normalized spacial score (nSPS) is 16.9. The maximum Gasteiger partial charge on any atom is 0.337 e. The molecule has 0 aliphatic carbocycles. The first-order valence-electron chi connectivity index (χ1n) is 8.31. The Labute approximate surface area is 148 Å². The molecule has 0 radical (unpaired) electrons. The van der Waals surface area contributed by atoms with E-state index >= 15 is 0 Å². The van der Waals surface area contributed by atoms with E-state index < -0.39 is 5.97 Å². The van der Waals surface area contributed by atoms with Gasteiger partial charge in [0.15, 0.2) is 5.82 Å². The molecule has 1 aliphatic rings. The van der Waals surface area contributed by atoms with E-state index in [1.54, 1.807) is 24.4 Å². The second-order valence-corrected chi connectivity index (χ2v) is 6.09. The van der Waals surface area contributed by atoms with Crippen LogP contribution in [-0.4, -0.2) is 34.4 Å². The third-order valence-corrected chi connectivity index (χ3v) is 4.40. The molecule has 0 N–H and O–H groups in total. The molecule has 1 aromatic carbocycles. The van der Waals surface area contributed by atoms with Crippen molar-refractivity contribution in [3.63, 3.8) is 0 Å². The molecule has 134 valence electrons. The molecule has 2 aromatic heterocycles. The molecule has 3 aromatic rings. The summed E-state index contributed by atoms with van der Waals surface area (Å²) in [6.07, 6.45) is 3.33. The third-order valence-electron chi connectivity index (χ3n) is 4.40. The molecule has 1 saturated heterocycles. The number of carbonyl (C=O) groups excluding carboxylic acids is 1. The summed E-state index contributed by atoms with van der Waals surface area (Å²) in [7, 11) is 1.30. The van der Waals surface area contributed by atoms with Crippen molar-refractivity contribution < 1.29 is 18.8 Å². The molecule has 0 spiro atoms. The monoisotopic (exact) mass is 355 g/mol. The molecular weight excluding hydrogens is 338 g/mol. The molecule has 4 rings (SSSR count). The van der Waals surface area contributed by atoms with E-state index in [0.29, 0.717) is 29.3 Å². The molecule has 8 nitrogen and oxygen atoms in total. The average molecular weight is 355 g/mol. The zero-order chi connectivity index (χ0) is 18.1. The Morgan fingerprint density at radius 2 is 2.27 bits per heavy atom. The highest BCUT2D eigenvalue weighted by Crippen LogP contribution is 2.26. The van der Waals surface area contributed by atoms with Gasteiger partial charge in [0.25, 0.3) is 11.4 Å². The Balaban J connectivity index is 1.65. The minimum Gasteiger partial charge on any atom is -0.465 e. The second-order valence-electron chi connectivity index (χ2n) is 6.09. The van der Waals surface area contributed by atoms with Crippen LogP contribution in [0.3, 0.4) is 0 Å². The minimum absolute atomic E-state index is 0.160. The predicted octanol–water partition coefficient (Wildman–Crippen LogP) is 2.07. The van der Waals surface area contributed by atoms with Gasteiger partial charge in [-0.05, 0) is 36.4 Å². The van der Waals surface area contributed by atoms with Crippen molar-refractivity contribution >= 4 is 16.7 Å². The number of fused-ring (bicyclic) bond motifs is 1. The van der Waals surface area contributed by atoms with Crippen LogP contribution < -0.4 is 5.56 Å². The average Bonchev–Trinajstić information content (AvgIpc) is 3.35. The molecule has 1 fully saturated rings. The Hall–Kier alpha value is -3.00. The zero-order valence-electron chi connectivity index (χ0n) is 14.2. The van der Waals surface area contributed by atoms with E-state index in [4.69, 9.17) is 14.0 Å². The summed E-state index contributed by atoms with van der Waals surface area (Å²) >= 11 is 0. The van der Waals surface area contributed by atoms with Gasteiger partial charge in [0.05, 0.1) is 19.2 Å². The molecule has 8 heteroatoms. The Kier molecular flexibility index (Phi) is 4.26. The van der Waals surface area contributed by atoms with Crippen LogP contribution in [0.5, 0.6) is 0 Å². The van der Waals surface area contributed by atoms with E-state index in [2.05, 4.69) is 10.1 Å². The van der Waals surface area contributed by atoms with Gasteiger partial charge in [-0.15, -0.1) is 0 Å². The number of methoxy groups -OCH3 is 1. The van der Waals surface area contributed by atoms with Crippen molar-refractivity contribution in [2.24, 2.45) is 0 Å². The van der Waals surface area contributed by atoms with Gasteiger partial charge in [-0.3, -0.25) is 4.79 Å². The number of benzene rings is 1. The lowest BCUT2D eigenvalue weighted by Crippen LogP contribution is -2.21. The molecule has 0 amide bonds. The number of pyridine rings is 1. The summed E-state index contributed by atoms with van der Waals surface area (Å²) in [6, 6.07) is 6.69. The molecule has 0 unspecified atom stereocenters. The number of nitrogens with zero attached hydrogens (tertiary/aromatic N) is 3. The fraction of sp³-hybridized carbons (Fsp3) is 0.333. The summed E-state index contributed by atoms with van der Waals surface area (Å²) in [5, 5.41) is 5.11. The molecule has 1 aliphatic heterocycles. The number of rotatable bonds is 4. The standard InChI is InChI=1S/C18H17N3O5/c1-24-18(23)12-5-4-11-6-7-21(17(22)13(11)9-12)10-15-19-16(26-20-15)14-3-2-8-25-14/h4-7,9,14H,2-3,8,10H2,1H3/t14-/m1/s1. The van der Waals surface area contributed by atoms with E-state index in [9.17, 15) is 9.59 Å². The van der Waals surface area contributed by atoms with Crippen LogP contribution >= 0.6 is 0 Å². The van der Waals surface area contributed by atoms with Crippen molar-refractivity contribution in [3.05, 3.63) is 58.1 Å². The van der Waals surface area contributed by atoms with Gasteiger partial charge in [0, 0.05) is 18.2 Å². The number of ether oxygens (including phenoxy) is 2. The first kappa shape index (κ1) is 16.5. The molecule has 26 heavy (non-hydrogen) atoms. The lowest BCUT2D eigenvalue weighted by atomic mass is 10.1. The first-order valence-corrected chi connectivity index (χ1v) is 8.31. The Bertz CT molecular complexity index is 1020. The summed E-state index contributed by atoms with van der Waals surface area (Å²) in [5.41, 5.74) is 0.0896. The van der Waals surface area contributed by atoms with E-state index in [-0.39, 0.29) is 18.2 Å². The highest BCUT2D eigenvalue weighted by atomic mass is 16.5. The number of hydrogen-bond acceptors (Lipinski definition) is 7. The molecule has 1 atom stereocenters. The first-order chi connectivity index (χ1) is 12.7. The topological polar surface area (TPSA) is 96.5 Å². The summed E-state index contributed by atoms with van der Waals surface area (Å²) in [6.45, 7) is 0.864. The lowest BCUT2D eigenvalue weighted by molar-refractivity contribution is 0.0601. The quantitative estimate of drug-likeness (QED) is 0.661. The van der Waals surface area contributed by atoms with Crippen LogP contribution in [0, 0.1) is 0 Å². The van der Waals surface area contributed by atoms with Crippen molar-refractivity contribution in [1.29, 1.82) is 0 Å². The second kappa shape index (κ2) is 6.72. The van der Waals surface area contributed by atoms with Gasteiger partial charge in [-0.25, -0.2) is 4.79 Å². The van der Waals surface area contributed by atoms with E-state index in [1.165, 1.54) is 17.7 Å². The largest absolute Gasteiger partial charge is 0.465 e. The Morgan fingerprint density at radius 3 is 3.04 bits per heavy atom. The van der Waals surface area contributed by atoms with Crippen LogP contribution in [-0.2, 0) is 16.0 Å². The van der Waals surface area contributed by atoms with Crippen LogP contribution in [0.2, 0.25) is 0 Å². The summed E-state index contributed by atoms with van der Waals surface area (Å²) < 4.78 is 17.0. The van der Waals surface area contributed by atoms with Crippen LogP contribution in [0.25, 0.3) is 10.8 Å². The SMILES string of the molecule is COC(=O)c1ccc2ccn(Cc3noc([C@H]4CCCO4)n3)c(=O)c2c1. The number of hydrogen-bond donors (Lipinski definition) is 0. The van der Waals surface area contributed by atoms with Crippen molar-refractivity contribution in [2.45, 2.75) is 25.5 Å². The minimum atomic E-state index is -0.485. The van der Waals surface area contributed by atoms with E-state index in [0.717, 1.165) is 18.2 Å². The maximum absolute atomic E-state index is 12.8. The summed E-state index contributed by atoms with van der Waals surface area (Å²) in [4.78, 5) is 28.8. The zero-order valence-corrected chi connectivity index (χ0v) is 14.2. The number of carbonyl (C=O) groups is 1. The van der Waals surface area contributed by atoms with Gasteiger partial charge >= 0.3 is 5.97 Å². The highest BCUT2D eigenvalue weighted by molar-refractivity contribution is 5.95. The van der Waals surface area contributed by atoms with Crippen molar-refractivity contribution in [3.8, 4) is 0 Å². The molecule has 0 saturated carbocycles. The Morgan fingerprint density at radius 1 is 1.38 bits per heavy atom. The highest BCUT2D eigenvalue weighted by Gasteiger charge is 2.24. The van der Waals surface area contributed by atoms with Gasteiger partial charge in [-0.2, -0.15) is 4.98 Å². The number of esters is 1. The molecule has 0 bridgehead atoms. The van der Waals surface area contributed by atoms with E-state index in [1.807, 2.05) is 0 Å². The third kappa shape index (κ3) is 2.99. The van der Waals surface area contributed by atoms with Crippen molar-refractivity contribution in [1.82, 2.24) is 14.7 Å².